The molecule has 0 aliphatic rings. The van der Waals surface area contributed by atoms with Crippen LogP contribution in [0.1, 0.15) is 278 Å². The zero-order valence-electron chi connectivity index (χ0n) is 46.5. The first kappa shape index (κ1) is 67.3. The molecule has 0 aliphatic heterocycles. The predicted molar refractivity (Wildman–Crippen MR) is 307 cm³/mol. The van der Waals surface area contributed by atoms with Crippen molar-refractivity contribution in [3.63, 3.8) is 0 Å². The fourth-order valence-electron chi connectivity index (χ4n) is 8.11. The molecular formula is C65H110O6. The zero-order chi connectivity index (χ0) is 51.4. The van der Waals surface area contributed by atoms with Crippen LogP contribution in [0.2, 0.25) is 0 Å². The maximum absolute atomic E-state index is 12.8. The molecule has 1 unspecified atom stereocenters. The van der Waals surface area contributed by atoms with Gasteiger partial charge in [0.15, 0.2) is 6.10 Å². The van der Waals surface area contributed by atoms with E-state index >= 15 is 0 Å². The average molecular weight is 988 g/mol. The third-order valence-electron chi connectivity index (χ3n) is 12.6. The van der Waals surface area contributed by atoms with E-state index in [9.17, 15) is 14.4 Å². The van der Waals surface area contributed by atoms with Crippen LogP contribution in [0.15, 0.2) is 97.2 Å². The van der Waals surface area contributed by atoms with Crippen LogP contribution in [0.4, 0.5) is 0 Å². The molecule has 6 nitrogen and oxygen atoms in total. The first-order valence-electron chi connectivity index (χ1n) is 29.7. The van der Waals surface area contributed by atoms with E-state index in [-0.39, 0.29) is 37.5 Å². The first-order chi connectivity index (χ1) is 35.0. The van der Waals surface area contributed by atoms with Gasteiger partial charge in [0.25, 0.3) is 0 Å². The van der Waals surface area contributed by atoms with E-state index in [2.05, 4.69) is 112 Å². The van der Waals surface area contributed by atoms with Gasteiger partial charge in [-0.2, -0.15) is 0 Å². The number of rotatable bonds is 53. The molecule has 1 atom stereocenters. The molecule has 0 amide bonds. The summed E-state index contributed by atoms with van der Waals surface area (Å²) in [7, 11) is 0. The minimum atomic E-state index is -0.815. The van der Waals surface area contributed by atoms with E-state index in [1.807, 2.05) is 6.08 Å². The molecule has 406 valence electrons. The standard InChI is InChI=1S/C65H110O6/c1-4-7-10-13-16-19-22-25-27-28-29-30-31-32-33-34-35-36-38-40-43-46-49-52-55-58-64(67)70-61-62(60-69-63(66)57-54-51-48-45-42-39-24-21-18-15-12-9-6-3)71-65(68)59-56-53-50-47-44-41-37-26-23-20-17-14-11-8-5-2/h9,12,17-18,20-22,25-26,28-29,37,39,42,48,51,62H,4-8,10-11,13-16,19,23-24,27,30-36,38,40-41,43-47,49-50,52-61H2,1-3H3/b12-9-,20-17-,21-18-,25-22-,29-28-,37-26-,42-39-,51-48-. The van der Waals surface area contributed by atoms with Crippen LogP contribution in [0.3, 0.4) is 0 Å². The summed E-state index contributed by atoms with van der Waals surface area (Å²) in [5, 5.41) is 0. The molecule has 0 saturated carbocycles. The van der Waals surface area contributed by atoms with Gasteiger partial charge >= 0.3 is 17.9 Å². The van der Waals surface area contributed by atoms with Crippen LogP contribution in [0.5, 0.6) is 0 Å². The van der Waals surface area contributed by atoms with Crippen molar-refractivity contribution in [2.24, 2.45) is 0 Å². The maximum Gasteiger partial charge on any atom is 0.306 e. The van der Waals surface area contributed by atoms with Crippen molar-refractivity contribution >= 4 is 17.9 Å². The van der Waals surface area contributed by atoms with Crippen LogP contribution in [0.25, 0.3) is 0 Å². The van der Waals surface area contributed by atoms with Gasteiger partial charge in [0, 0.05) is 19.3 Å². The molecule has 0 aromatic carbocycles. The molecule has 0 radical (unpaired) electrons. The number of hydrogen-bond acceptors (Lipinski definition) is 6. The molecule has 0 aromatic rings. The Bertz CT molecular complexity index is 1410. The molecule has 0 saturated heterocycles. The highest BCUT2D eigenvalue weighted by Crippen LogP contribution is 2.15. The van der Waals surface area contributed by atoms with Crippen LogP contribution in [-0.4, -0.2) is 37.2 Å². The number of ether oxygens (including phenoxy) is 3. The third kappa shape index (κ3) is 57.1. The van der Waals surface area contributed by atoms with Gasteiger partial charge in [-0.25, -0.2) is 0 Å². The molecule has 0 aliphatic carbocycles. The maximum atomic E-state index is 12.8. The first-order valence-corrected chi connectivity index (χ1v) is 29.7. The number of esters is 3. The Labute approximate surface area is 438 Å². The van der Waals surface area contributed by atoms with Crippen molar-refractivity contribution in [3.05, 3.63) is 97.2 Å². The molecule has 0 fully saturated rings. The van der Waals surface area contributed by atoms with Gasteiger partial charge in [0.1, 0.15) is 13.2 Å². The molecule has 0 rings (SSSR count). The Morgan fingerprint density at radius 3 is 0.972 bits per heavy atom. The Morgan fingerprint density at radius 1 is 0.296 bits per heavy atom. The third-order valence-corrected chi connectivity index (χ3v) is 12.6. The largest absolute Gasteiger partial charge is 0.462 e. The summed E-state index contributed by atoms with van der Waals surface area (Å²) >= 11 is 0. The van der Waals surface area contributed by atoms with Crippen molar-refractivity contribution in [1.29, 1.82) is 0 Å². The summed E-state index contributed by atoms with van der Waals surface area (Å²) in [6.45, 7) is 6.42. The van der Waals surface area contributed by atoms with E-state index in [1.165, 1.54) is 135 Å². The summed E-state index contributed by atoms with van der Waals surface area (Å²) in [6, 6.07) is 0. The average Bonchev–Trinajstić information content (AvgIpc) is 3.37. The highest BCUT2D eigenvalue weighted by Gasteiger charge is 2.19. The van der Waals surface area contributed by atoms with Gasteiger partial charge in [-0.15, -0.1) is 0 Å². The van der Waals surface area contributed by atoms with Gasteiger partial charge in [0.2, 0.25) is 0 Å². The number of carbonyl (C=O) groups excluding carboxylic acids is 3. The molecule has 0 spiro atoms. The zero-order valence-corrected chi connectivity index (χ0v) is 46.5. The Kier molecular flexibility index (Phi) is 55.9. The lowest BCUT2D eigenvalue weighted by Gasteiger charge is -2.18. The van der Waals surface area contributed by atoms with Crippen molar-refractivity contribution in [1.82, 2.24) is 0 Å². The van der Waals surface area contributed by atoms with Gasteiger partial charge in [-0.1, -0.05) is 246 Å². The van der Waals surface area contributed by atoms with E-state index in [0.29, 0.717) is 19.3 Å². The van der Waals surface area contributed by atoms with Crippen molar-refractivity contribution in [3.8, 4) is 0 Å². The second kappa shape index (κ2) is 58.9. The smallest absolute Gasteiger partial charge is 0.306 e. The fourth-order valence-corrected chi connectivity index (χ4v) is 8.11. The quantitative estimate of drug-likeness (QED) is 0.0261. The molecular weight excluding hydrogens is 877 g/mol. The summed E-state index contributed by atoms with van der Waals surface area (Å²) in [5.74, 6) is -1.00. The van der Waals surface area contributed by atoms with Crippen molar-refractivity contribution < 1.29 is 28.6 Å². The summed E-state index contributed by atoms with van der Waals surface area (Å²) < 4.78 is 16.8. The van der Waals surface area contributed by atoms with E-state index in [1.54, 1.807) is 0 Å². The normalized spacial score (nSPS) is 12.8. The lowest BCUT2D eigenvalue weighted by atomic mass is 10.0. The lowest BCUT2D eigenvalue weighted by Crippen LogP contribution is -2.30. The second-order valence-electron chi connectivity index (χ2n) is 19.5. The number of allylic oxidation sites excluding steroid dienone is 16. The molecule has 0 bridgehead atoms. The summed E-state index contributed by atoms with van der Waals surface area (Å²) in [5.41, 5.74) is 0. The Morgan fingerprint density at radius 2 is 0.577 bits per heavy atom. The number of unbranched alkanes of at least 4 members (excludes halogenated alkanes) is 26. The Balaban J connectivity index is 4.34. The second-order valence-corrected chi connectivity index (χ2v) is 19.5. The minimum absolute atomic E-state index is 0.105. The number of hydrogen-bond donors (Lipinski definition) is 0. The highest BCUT2D eigenvalue weighted by atomic mass is 16.6. The van der Waals surface area contributed by atoms with Gasteiger partial charge < -0.3 is 14.2 Å². The topological polar surface area (TPSA) is 78.9 Å². The summed E-state index contributed by atoms with van der Waals surface area (Å²) in [6.07, 6.45) is 78.5. The van der Waals surface area contributed by atoms with E-state index in [0.717, 1.165) is 96.3 Å². The molecule has 0 N–H and O–H groups in total. The van der Waals surface area contributed by atoms with Crippen LogP contribution >= 0.6 is 0 Å². The fraction of sp³-hybridized carbons (Fsp3) is 0.708. The van der Waals surface area contributed by atoms with Crippen molar-refractivity contribution in [2.45, 2.75) is 284 Å². The van der Waals surface area contributed by atoms with E-state index < -0.39 is 6.10 Å². The van der Waals surface area contributed by atoms with Crippen LogP contribution in [-0.2, 0) is 28.6 Å². The molecule has 0 heterocycles. The highest BCUT2D eigenvalue weighted by molar-refractivity contribution is 5.71. The van der Waals surface area contributed by atoms with Gasteiger partial charge in [-0.3, -0.25) is 14.4 Å². The monoisotopic (exact) mass is 987 g/mol. The minimum Gasteiger partial charge on any atom is -0.462 e. The number of carbonyl (C=O) groups is 3. The SMILES string of the molecule is CC/C=C\C/C=C\C/C=C\C/C=C\CCC(=O)OCC(COC(=O)CCCCCCCCCCCCCCC/C=C\C/C=C\CCCCCCC)OC(=O)CCCCCCC/C=C\C/C=C\CCCCC. The molecule has 0 aromatic heterocycles. The van der Waals surface area contributed by atoms with Crippen LogP contribution < -0.4 is 0 Å². The lowest BCUT2D eigenvalue weighted by molar-refractivity contribution is -0.166. The van der Waals surface area contributed by atoms with Gasteiger partial charge in [0.05, 0.1) is 0 Å². The summed E-state index contributed by atoms with van der Waals surface area (Å²) in [4.78, 5) is 38.1. The predicted octanol–water partition coefficient (Wildman–Crippen LogP) is 20.1. The van der Waals surface area contributed by atoms with Crippen molar-refractivity contribution in [2.75, 3.05) is 13.2 Å². The molecule has 71 heavy (non-hydrogen) atoms. The van der Waals surface area contributed by atoms with E-state index in [4.69, 9.17) is 14.2 Å². The Hall–Kier alpha value is -3.67. The van der Waals surface area contributed by atoms with Gasteiger partial charge in [-0.05, 0) is 109 Å². The molecule has 6 heteroatoms. The van der Waals surface area contributed by atoms with Crippen LogP contribution in [0, 0.1) is 0 Å².